The monoisotopic (exact) mass is 479 g/mol. The van der Waals surface area contributed by atoms with Gasteiger partial charge in [0.2, 0.25) is 0 Å². The summed E-state index contributed by atoms with van der Waals surface area (Å²) in [6.45, 7) is 8.90. The number of aryl methyl sites for hydroxylation is 2. The lowest BCUT2D eigenvalue weighted by atomic mass is 10.1. The van der Waals surface area contributed by atoms with Crippen molar-refractivity contribution in [1.29, 1.82) is 0 Å². The highest BCUT2D eigenvalue weighted by molar-refractivity contribution is 9.10. The number of halogens is 1. The standard InChI is InChI=1S/C24H26BrN5O/c1-16-8-10-19(11-9-16)22-26-18(3)17(2)23(28-22)29-12-14-30(15-13-29)24(31)27-21-7-5-4-6-20(21)25/h4-11H,12-15H2,1-3H3,(H,27,31). The molecule has 160 valence electrons. The van der Waals surface area contributed by atoms with Crippen molar-refractivity contribution in [3.63, 3.8) is 0 Å². The van der Waals surface area contributed by atoms with Crippen LogP contribution in [-0.4, -0.2) is 47.1 Å². The predicted octanol–water partition coefficient (Wildman–Crippen LogP) is 5.19. The third-order valence-corrected chi connectivity index (χ3v) is 6.35. The summed E-state index contributed by atoms with van der Waals surface area (Å²) < 4.78 is 0.873. The second kappa shape index (κ2) is 9.06. The Kier molecular flexibility index (Phi) is 6.23. The van der Waals surface area contributed by atoms with Crippen LogP contribution in [0.15, 0.2) is 53.0 Å². The molecule has 2 aromatic carbocycles. The second-order valence-corrected chi connectivity index (χ2v) is 8.69. The Balaban J connectivity index is 1.47. The summed E-state index contributed by atoms with van der Waals surface area (Å²) in [6, 6.07) is 15.8. The van der Waals surface area contributed by atoms with Gasteiger partial charge in [0, 0.05) is 47.5 Å². The molecule has 1 fully saturated rings. The molecule has 1 aromatic heterocycles. The van der Waals surface area contributed by atoms with Gasteiger partial charge in [0.05, 0.1) is 5.69 Å². The Morgan fingerprint density at radius 3 is 2.29 bits per heavy atom. The van der Waals surface area contributed by atoms with Gasteiger partial charge in [0.1, 0.15) is 5.82 Å². The topological polar surface area (TPSA) is 61.4 Å². The molecule has 31 heavy (non-hydrogen) atoms. The maximum atomic E-state index is 12.7. The SMILES string of the molecule is Cc1ccc(-c2nc(C)c(C)c(N3CCN(C(=O)Nc4ccccc4Br)CC3)n2)cc1. The van der Waals surface area contributed by atoms with E-state index in [0.717, 1.165) is 51.7 Å². The van der Waals surface area contributed by atoms with E-state index in [4.69, 9.17) is 9.97 Å². The predicted molar refractivity (Wildman–Crippen MR) is 129 cm³/mol. The van der Waals surface area contributed by atoms with E-state index in [9.17, 15) is 4.79 Å². The van der Waals surface area contributed by atoms with E-state index in [1.54, 1.807) is 0 Å². The molecule has 6 nitrogen and oxygen atoms in total. The first kappa shape index (κ1) is 21.3. The van der Waals surface area contributed by atoms with Crippen LogP contribution in [0, 0.1) is 20.8 Å². The molecule has 3 aromatic rings. The number of rotatable bonds is 3. The fourth-order valence-electron chi connectivity index (χ4n) is 3.63. The molecule has 1 aliphatic rings. The minimum Gasteiger partial charge on any atom is -0.353 e. The number of carbonyl (C=O) groups is 1. The molecule has 0 unspecified atom stereocenters. The lowest BCUT2D eigenvalue weighted by molar-refractivity contribution is 0.208. The molecule has 1 N–H and O–H groups in total. The number of nitrogens with one attached hydrogen (secondary N) is 1. The number of para-hydroxylation sites is 1. The molecule has 2 amide bonds. The Morgan fingerprint density at radius 1 is 0.935 bits per heavy atom. The van der Waals surface area contributed by atoms with Gasteiger partial charge in [-0.05, 0) is 48.8 Å². The van der Waals surface area contributed by atoms with Gasteiger partial charge in [-0.15, -0.1) is 0 Å². The van der Waals surface area contributed by atoms with E-state index in [2.05, 4.69) is 64.3 Å². The fraction of sp³-hybridized carbons (Fsp3) is 0.292. The molecule has 7 heteroatoms. The molecular weight excluding hydrogens is 454 g/mol. The maximum absolute atomic E-state index is 12.7. The Hall–Kier alpha value is -2.93. The van der Waals surface area contributed by atoms with Crippen LogP contribution in [0.25, 0.3) is 11.4 Å². The van der Waals surface area contributed by atoms with Crippen molar-refractivity contribution in [2.75, 3.05) is 36.4 Å². The lowest BCUT2D eigenvalue weighted by Crippen LogP contribution is -2.50. The van der Waals surface area contributed by atoms with Gasteiger partial charge >= 0.3 is 6.03 Å². The van der Waals surface area contributed by atoms with Crippen molar-refractivity contribution >= 4 is 33.5 Å². The number of benzene rings is 2. The summed E-state index contributed by atoms with van der Waals surface area (Å²) in [5.74, 6) is 1.70. The number of hydrogen-bond acceptors (Lipinski definition) is 4. The van der Waals surface area contributed by atoms with Crippen molar-refractivity contribution < 1.29 is 4.79 Å². The van der Waals surface area contributed by atoms with Crippen molar-refractivity contribution in [2.45, 2.75) is 20.8 Å². The van der Waals surface area contributed by atoms with Crippen molar-refractivity contribution in [1.82, 2.24) is 14.9 Å². The smallest absolute Gasteiger partial charge is 0.321 e. The molecule has 0 saturated carbocycles. The lowest BCUT2D eigenvalue weighted by Gasteiger charge is -2.36. The van der Waals surface area contributed by atoms with Gasteiger partial charge in [-0.3, -0.25) is 0 Å². The van der Waals surface area contributed by atoms with E-state index >= 15 is 0 Å². The average Bonchev–Trinajstić information content (AvgIpc) is 2.78. The quantitative estimate of drug-likeness (QED) is 0.561. The fourth-order valence-corrected chi connectivity index (χ4v) is 4.02. The minimum absolute atomic E-state index is 0.0810. The highest BCUT2D eigenvalue weighted by Crippen LogP contribution is 2.26. The molecule has 4 rings (SSSR count). The van der Waals surface area contributed by atoms with Crippen LogP contribution in [0.3, 0.4) is 0 Å². The van der Waals surface area contributed by atoms with Crippen LogP contribution in [0.4, 0.5) is 16.3 Å². The van der Waals surface area contributed by atoms with Crippen molar-refractivity contribution in [3.05, 3.63) is 69.8 Å². The van der Waals surface area contributed by atoms with Crippen LogP contribution >= 0.6 is 15.9 Å². The number of hydrogen-bond donors (Lipinski definition) is 1. The first-order chi connectivity index (χ1) is 14.9. The van der Waals surface area contributed by atoms with Crippen LogP contribution in [0.2, 0.25) is 0 Å². The summed E-state index contributed by atoms with van der Waals surface area (Å²) in [4.78, 5) is 26.4. The number of urea groups is 1. The molecule has 1 aliphatic heterocycles. The Labute approximate surface area is 191 Å². The van der Waals surface area contributed by atoms with Crippen LogP contribution in [-0.2, 0) is 0 Å². The number of piperazine rings is 1. The number of nitrogens with zero attached hydrogens (tertiary/aromatic N) is 4. The second-order valence-electron chi connectivity index (χ2n) is 7.83. The summed E-state index contributed by atoms with van der Waals surface area (Å²) in [5, 5.41) is 2.99. The minimum atomic E-state index is -0.0810. The first-order valence-electron chi connectivity index (χ1n) is 10.4. The Bertz CT molecular complexity index is 1090. The highest BCUT2D eigenvalue weighted by Gasteiger charge is 2.24. The van der Waals surface area contributed by atoms with Crippen LogP contribution in [0.5, 0.6) is 0 Å². The van der Waals surface area contributed by atoms with Gasteiger partial charge in [-0.2, -0.15) is 0 Å². The van der Waals surface area contributed by atoms with Gasteiger partial charge < -0.3 is 15.1 Å². The van der Waals surface area contributed by atoms with Gasteiger partial charge in [-0.25, -0.2) is 14.8 Å². The molecule has 0 radical (unpaired) electrons. The third kappa shape index (κ3) is 4.71. The number of carbonyl (C=O) groups excluding carboxylic acids is 1. The zero-order valence-corrected chi connectivity index (χ0v) is 19.6. The first-order valence-corrected chi connectivity index (χ1v) is 11.2. The van der Waals surface area contributed by atoms with Gasteiger partial charge in [0.15, 0.2) is 5.82 Å². The molecule has 2 heterocycles. The summed E-state index contributed by atoms with van der Waals surface area (Å²) >= 11 is 3.48. The molecule has 0 bridgehead atoms. The van der Waals surface area contributed by atoms with Gasteiger partial charge in [0.25, 0.3) is 0 Å². The molecule has 0 atom stereocenters. The molecule has 0 aliphatic carbocycles. The number of anilines is 2. The number of aromatic nitrogens is 2. The number of amides is 2. The molecule has 1 saturated heterocycles. The Morgan fingerprint density at radius 2 is 1.61 bits per heavy atom. The highest BCUT2D eigenvalue weighted by atomic mass is 79.9. The summed E-state index contributed by atoms with van der Waals surface area (Å²) in [7, 11) is 0. The molecular formula is C24H26BrN5O. The maximum Gasteiger partial charge on any atom is 0.321 e. The van der Waals surface area contributed by atoms with Crippen molar-refractivity contribution in [2.24, 2.45) is 0 Å². The largest absolute Gasteiger partial charge is 0.353 e. The third-order valence-electron chi connectivity index (χ3n) is 5.66. The van der Waals surface area contributed by atoms with E-state index in [1.165, 1.54) is 5.56 Å². The van der Waals surface area contributed by atoms with E-state index in [1.807, 2.05) is 36.1 Å². The zero-order valence-electron chi connectivity index (χ0n) is 18.0. The van der Waals surface area contributed by atoms with E-state index in [-0.39, 0.29) is 6.03 Å². The van der Waals surface area contributed by atoms with E-state index < -0.39 is 0 Å². The summed E-state index contributed by atoms with van der Waals surface area (Å²) in [5.41, 5.74) is 5.07. The average molecular weight is 480 g/mol. The van der Waals surface area contributed by atoms with Crippen LogP contribution in [0.1, 0.15) is 16.8 Å². The summed E-state index contributed by atoms with van der Waals surface area (Å²) in [6.07, 6.45) is 0. The van der Waals surface area contributed by atoms with Crippen molar-refractivity contribution in [3.8, 4) is 11.4 Å². The van der Waals surface area contributed by atoms with E-state index in [0.29, 0.717) is 13.1 Å². The molecule has 0 spiro atoms. The zero-order chi connectivity index (χ0) is 22.0. The van der Waals surface area contributed by atoms with Crippen LogP contribution < -0.4 is 10.2 Å². The normalized spacial score (nSPS) is 13.9. The van der Waals surface area contributed by atoms with Gasteiger partial charge in [-0.1, -0.05) is 42.0 Å².